The van der Waals surface area contributed by atoms with E-state index in [1.807, 2.05) is 20.8 Å². The summed E-state index contributed by atoms with van der Waals surface area (Å²) in [6.07, 6.45) is 0.676. The van der Waals surface area contributed by atoms with Gasteiger partial charge in [0.25, 0.3) is 11.5 Å². The lowest BCUT2D eigenvalue weighted by Crippen LogP contribution is -2.33. The van der Waals surface area contributed by atoms with Crippen molar-refractivity contribution in [1.82, 2.24) is 19.9 Å². The minimum Gasteiger partial charge on any atom is -0.382 e. The number of carbonyl (C=O) groups is 1. The smallest absolute Gasteiger partial charge is 0.329 e. The summed E-state index contributed by atoms with van der Waals surface area (Å²) < 4.78 is 6.62. The van der Waals surface area contributed by atoms with Gasteiger partial charge in [0.1, 0.15) is 0 Å². The van der Waals surface area contributed by atoms with Crippen molar-refractivity contribution in [2.45, 2.75) is 46.6 Å². The summed E-state index contributed by atoms with van der Waals surface area (Å²) >= 11 is 0. The summed E-state index contributed by atoms with van der Waals surface area (Å²) in [6, 6.07) is 1.63. The van der Waals surface area contributed by atoms with Crippen LogP contribution in [0.15, 0.2) is 15.7 Å². The fourth-order valence-corrected chi connectivity index (χ4v) is 2.68. The van der Waals surface area contributed by atoms with Crippen molar-refractivity contribution in [3.63, 3.8) is 0 Å². The van der Waals surface area contributed by atoms with E-state index in [2.05, 4.69) is 15.3 Å². The lowest BCUT2D eigenvalue weighted by molar-refractivity contribution is 0.0945. The second-order valence-corrected chi connectivity index (χ2v) is 6.26. The predicted octanol–water partition coefficient (Wildman–Crippen LogP) is 1.38. The molecule has 26 heavy (non-hydrogen) atoms. The van der Waals surface area contributed by atoms with Crippen molar-refractivity contribution in [2.24, 2.45) is 0 Å². The number of aryl methyl sites for hydroxylation is 1. The Kier molecular flexibility index (Phi) is 6.68. The van der Waals surface area contributed by atoms with Gasteiger partial charge >= 0.3 is 5.69 Å². The van der Waals surface area contributed by atoms with E-state index < -0.39 is 11.2 Å². The van der Waals surface area contributed by atoms with Crippen molar-refractivity contribution in [1.29, 1.82) is 0 Å². The largest absolute Gasteiger partial charge is 0.382 e. The van der Waals surface area contributed by atoms with Crippen LogP contribution < -0.4 is 16.6 Å². The number of hydrogen-bond acceptors (Lipinski definition) is 5. The number of nitrogens with one attached hydrogen (secondary N) is 2. The first-order chi connectivity index (χ1) is 12.4. The van der Waals surface area contributed by atoms with Crippen LogP contribution >= 0.6 is 0 Å². The van der Waals surface area contributed by atoms with Crippen LogP contribution in [0.1, 0.15) is 56.1 Å². The Balaban J connectivity index is 2.52. The summed E-state index contributed by atoms with van der Waals surface area (Å²) in [5.41, 5.74) is 0.00749. The number of amides is 1. The quantitative estimate of drug-likeness (QED) is 0.690. The first kappa shape index (κ1) is 19.8. The SMILES string of the molecule is CCOCCCNC(=O)c1cc(C(C)C)nc2c1c(=O)[nH]c(=O)n2CC. The third-order valence-electron chi connectivity index (χ3n) is 4.08. The van der Waals surface area contributed by atoms with Crippen LogP contribution in [0.2, 0.25) is 0 Å². The van der Waals surface area contributed by atoms with E-state index in [4.69, 9.17) is 4.74 Å². The van der Waals surface area contributed by atoms with Gasteiger partial charge in [-0.05, 0) is 32.3 Å². The summed E-state index contributed by atoms with van der Waals surface area (Å²) in [4.78, 5) is 43.9. The number of aromatic nitrogens is 3. The van der Waals surface area contributed by atoms with Gasteiger partial charge in [0.2, 0.25) is 0 Å². The van der Waals surface area contributed by atoms with Crippen molar-refractivity contribution in [3.05, 3.63) is 38.2 Å². The zero-order valence-corrected chi connectivity index (χ0v) is 15.7. The first-order valence-corrected chi connectivity index (χ1v) is 8.94. The predicted molar refractivity (Wildman–Crippen MR) is 99.8 cm³/mol. The molecule has 0 fully saturated rings. The number of H-pyrrole nitrogens is 1. The van der Waals surface area contributed by atoms with Crippen LogP contribution in [0, 0.1) is 0 Å². The van der Waals surface area contributed by atoms with Crippen LogP contribution in [0.3, 0.4) is 0 Å². The molecule has 0 bridgehead atoms. The molecule has 8 nitrogen and oxygen atoms in total. The van der Waals surface area contributed by atoms with Crippen LogP contribution in [0.25, 0.3) is 11.0 Å². The molecule has 0 saturated carbocycles. The average molecular weight is 362 g/mol. The van der Waals surface area contributed by atoms with Crippen LogP contribution in [-0.4, -0.2) is 40.2 Å². The normalized spacial score (nSPS) is 11.3. The van der Waals surface area contributed by atoms with E-state index in [1.54, 1.807) is 13.0 Å². The Hall–Kier alpha value is -2.48. The van der Waals surface area contributed by atoms with Crippen LogP contribution in [0.5, 0.6) is 0 Å². The topological polar surface area (TPSA) is 106 Å². The maximum absolute atomic E-state index is 12.7. The van der Waals surface area contributed by atoms with Crippen molar-refractivity contribution in [3.8, 4) is 0 Å². The zero-order valence-electron chi connectivity index (χ0n) is 15.7. The molecule has 0 aliphatic carbocycles. The monoisotopic (exact) mass is 362 g/mol. The number of ether oxygens (including phenoxy) is 1. The average Bonchev–Trinajstić information content (AvgIpc) is 2.60. The van der Waals surface area contributed by atoms with Gasteiger partial charge in [0.15, 0.2) is 5.65 Å². The molecule has 0 aromatic carbocycles. The molecule has 0 spiro atoms. The molecule has 2 rings (SSSR count). The molecular formula is C18H26N4O4. The third kappa shape index (κ3) is 4.19. The summed E-state index contributed by atoms with van der Waals surface area (Å²) in [6.45, 7) is 9.55. The van der Waals surface area contributed by atoms with Gasteiger partial charge in [-0.15, -0.1) is 0 Å². The molecule has 2 aromatic heterocycles. The lowest BCUT2D eigenvalue weighted by atomic mass is 10.0. The molecule has 2 N–H and O–H groups in total. The number of carbonyl (C=O) groups excluding carboxylic acids is 1. The standard InChI is InChI=1S/C18H26N4O4/c1-5-22-15-14(17(24)21-18(22)25)12(10-13(20-15)11(3)4)16(23)19-8-7-9-26-6-2/h10-11H,5-9H2,1-4H3,(H,19,23)(H,21,24,25). The molecule has 142 valence electrons. The highest BCUT2D eigenvalue weighted by molar-refractivity contribution is 6.05. The zero-order chi connectivity index (χ0) is 19.3. The molecule has 2 heterocycles. The summed E-state index contributed by atoms with van der Waals surface area (Å²) in [5.74, 6) is -0.314. The van der Waals surface area contributed by atoms with Crippen LogP contribution in [0.4, 0.5) is 0 Å². The molecule has 2 aromatic rings. The van der Waals surface area contributed by atoms with E-state index in [1.165, 1.54) is 4.57 Å². The minimum atomic E-state index is -0.600. The van der Waals surface area contributed by atoms with Gasteiger partial charge in [-0.1, -0.05) is 13.8 Å². The van der Waals surface area contributed by atoms with Crippen molar-refractivity contribution >= 4 is 16.9 Å². The second-order valence-electron chi connectivity index (χ2n) is 6.26. The Morgan fingerprint density at radius 3 is 2.69 bits per heavy atom. The highest BCUT2D eigenvalue weighted by atomic mass is 16.5. The molecule has 0 atom stereocenters. The summed E-state index contributed by atoms with van der Waals surface area (Å²) in [7, 11) is 0. The Morgan fingerprint density at radius 2 is 2.08 bits per heavy atom. The highest BCUT2D eigenvalue weighted by Gasteiger charge is 2.19. The molecule has 1 amide bonds. The Morgan fingerprint density at radius 1 is 1.35 bits per heavy atom. The molecule has 0 unspecified atom stereocenters. The van der Waals surface area contributed by atoms with Gasteiger partial charge < -0.3 is 10.1 Å². The molecule has 0 saturated heterocycles. The molecule has 0 aliphatic heterocycles. The number of rotatable bonds is 8. The van der Waals surface area contributed by atoms with Gasteiger partial charge in [-0.3, -0.25) is 19.1 Å². The van der Waals surface area contributed by atoms with Gasteiger partial charge in [0, 0.05) is 32.0 Å². The number of aromatic amines is 1. The van der Waals surface area contributed by atoms with Gasteiger partial charge in [-0.2, -0.15) is 0 Å². The lowest BCUT2D eigenvalue weighted by Gasteiger charge is -2.14. The van der Waals surface area contributed by atoms with Crippen molar-refractivity contribution < 1.29 is 9.53 Å². The third-order valence-corrected chi connectivity index (χ3v) is 4.08. The molecular weight excluding hydrogens is 336 g/mol. The molecule has 0 radical (unpaired) electrons. The first-order valence-electron chi connectivity index (χ1n) is 8.94. The highest BCUT2D eigenvalue weighted by Crippen LogP contribution is 2.19. The molecule has 8 heteroatoms. The summed E-state index contributed by atoms with van der Waals surface area (Å²) in [5, 5.41) is 2.95. The number of hydrogen-bond donors (Lipinski definition) is 2. The number of fused-ring (bicyclic) bond motifs is 1. The fraction of sp³-hybridized carbons (Fsp3) is 0.556. The van der Waals surface area contributed by atoms with E-state index >= 15 is 0 Å². The number of pyridine rings is 1. The number of nitrogens with zero attached hydrogens (tertiary/aromatic N) is 2. The van der Waals surface area contributed by atoms with Gasteiger partial charge in [-0.25, -0.2) is 9.78 Å². The maximum atomic E-state index is 12.7. The second kappa shape index (κ2) is 8.75. The van der Waals surface area contributed by atoms with E-state index in [0.29, 0.717) is 38.4 Å². The van der Waals surface area contributed by atoms with E-state index in [0.717, 1.165) is 0 Å². The van der Waals surface area contributed by atoms with E-state index in [-0.39, 0.29) is 28.4 Å². The Labute approximate surface area is 151 Å². The fourth-order valence-electron chi connectivity index (χ4n) is 2.68. The van der Waals surface area contributed by atoms with E-state index in [9.17, 15) is 14.4 Å². The Bertz CT molecular complexity index is 898. The van der Waals surface area contributed by atoms with Crippen molar-refractivity contribution in [2.75, 3.05) is 19.8 Å². The molecule has 0 aliphatic rings. The van der Waals surface area contributed by atoms with Crippen LogP contribution in [-0.2, 0) is 11.3 Å². The maximum Gasteiger partial charge on any atom is 0.329 e. The minimum absolute atomic E-state index is 0.0450. The van der Waals surface area contributed by atoms with Gasteiger partial charge in [0.05, 0.1) is 10.9 Å².